The summed E-state index contributed by atoms with van der Waals surface area (Å²) < 4.78 is 62.6. The lowest BCUT2D eigenvalue weighted by Crippen LogP contribution is -2.39. The maximum atomic E-state index is 13.7. The van der Waals surface area contributed by atoms with Gasteiger partial charge in [0.1, 0.15) is 11.5 Å². The zero-order valence-corrected chi connectivity index (χ0v) is 29.2. The summed E-state index contributed by atoms with van der Waals surface area (Å²) in [5, 5.41) is 4.38. The van der Waals surface area contributed by atoms with Crippen molar-refractivity contribution in [1.82, 2.24) is 14.0 Å². The number of hydrogen-bond donors (Lipinski definition) is 1. The number of amides is 1. The molecule has 254 valence electrons. The summed E-state index contributed by atoms with van der Waals surface area (Å²) in [6, 6.07) is 32.1. The van der Waals surface area contributed by atoms with Gasteiger partial charge in [0.2, 0.25) is 20.0 Å². The monoisotopic (exact) mass is 718 g/mol. The van der Waals surface area contributed by atoms with Crippen LogP contribution in [0, 0.1) is 13.8 Å². The van der Waals surface area contributed by atoms with Gasteiger partial charge in [-0.2, -0.15) is 13.7 Å². The minimum atomic E-state index is -4.01. The van der Waals surface area contributed by atoms with E-state index in [0.29, 0.717) is 16.3 Å². The second kappa shape index (κ2) is 15.7. The van der Waals surface area contributed by atoms with E-state index in [0.717, 1.165) is 21.0 Å². The zero-order valence-electron chi connectivity index (χ0n) is 26.9. The van der Waals surface area contributed by atoms with Crippen molar-refractivity contribution in [3.05, 3.63) is 154 Å². The maximum Gasteiger partial charge on any atom is 0.255 e. The van der Waals surface area contributed by atoms with Gasteiger partial charge in [-0.05, 0) is 73.5 Å². The van der Waals surface area contributed by atoms with Crippen LogP contribution in [0.4, 0.5) is 0 Å². The third-order valence-corrected chi connectivity index (χ3v) is 11.4. The topological polar surface area (TPSA) is 129 Å². The molecule has 0 atom stereocenters. The van der Waals surface area contributed by atoms with Crippen molar-refractivity contribution in [2.24, 2.45) is 5.10 Å². The third kappa shape index (κ3) is 9.52. The van der Waals surface area contributed by atoms with Crippen molar-refractivity contribution < 1.29 is 26.0 Å². The Morgan fingerprint density at radius 2 is 1.22 bits per heavy atom. The van der Waals surface area contributed by atoms with Crippen molar-refractivity contribution in [3.8, 4) is 0 Å². The summed E-state index contributed by atoms with van der Waals surface area (Å²) in [6.07, 6.45) is 1.26. The van der Waals surface area contributed by atoms with Crippen LogP contribution in [0.2, 0.25) is 5.02 Å². The minimum Gasteiger partial charge on any atom is -0.459 e. The molecule has 13 heteroatoms. The molecule has 0 unspecified atom stereocenters. The van der Waals surface area contributed by atoms with Gasteiger partial charge in [0.25, 0.3) is 5.91 Å². The lowest BCUT2D eigenvalue weighted by Gasteiger charge is -2.21. The Labute approximate surface area is 291 Å². The van der Waals surface area contributed by atoms with Crippen LogP contribution in [0.3, 0.4) is 0 Å². The summed E-state index contributed by atoms with van der Waals surface area (Å²) >= 11 is 6.00. The van der Waals surface area contributed by atoms with E-state index in [9.17, 15) is 21.6 Å². The number of aryl methyl sites for hydroxylation is 2. The Morgan fingerprint density at radius 1 is 0.694 bits per heavy atom. The molecule has 10 nitrogen and oxygen atoms in total. The Bertz CT molecular complexity index is 2120. The molecule has 5 rings (SSSR count). The van der Waals surface area contributed by atoms with E-state index in [1.54, 1.807) is 48.5 Å². The molecule has 0 aliphatic carbocycles. The Hall–Kier alpha value is -4.59. The number of carbonyl (C=O) groups is 1. The van der Waals surface area contributed by atoms with Crippen molar-refractivity contribution in [2.45, 2.75) is 43.3 Å². The van der Waals surface area contributed by atoms with Gasteiger partial charge in [0.15, 0.2) is 0 Å². The van der Waals surface area contributed by atoms with E-state index < -0.39 is 32.5 Å². The van der Waals surface area contributed by atoms with E-state index in [1.165, 1.54) is 46.9 Å². The first-order valence-electron chi connectivity index (χ1n) is 15.2. The minimum absolute atomic E-state index is 0.0201. The predicted octanol–water partition coefficient (Wildman–Crippen LogP) is 6.28. The van der Waals surface area contributed by atoms with Gasteiger partial charge in [-0.1, -0.05) is 89.5 Å². The van der Waals surface area contributed by atoms with Crippen molar-refractivity contribution in [3.63, 3.8) is 0 Å². The molecule has 1 amide bonds. The van der Waals surface area contributed by atoms with Gasteiger partial charge in [-0.15, -0.1) is 0 Å². The first-order valence-corrected chi connectivity index (χ1v) is 18.5. The number of nitrogens with zero attached hydrogens (tertiary/aromatic N) is 3. The number of rotatable bonds is 14. The van der Waals surface area contributed by atoms with E-state index in [-0.39, 0.29) is 35.2 Å². The summed E-state index contributed by atoms with van der Waals surface area (Å²) in [5.74, 6) is -0.0634. The molecule has 1 N–H and O–H groups in total. The average Bonchev–Trinajstić information content (AvgIpc) is 3.53. The molecule has 0 aliphatic heterocycles. The highest BCUT2D eigenvalue weighted by Gasteiger charge is 2.28. The lowest BCUT2D eigenvalue weighted by molar-refractivity contribution is -0.121. The van der Waals surface area contributed by atoms with Crippen molar-refractivity contribution in [2.75, 3.05) is 6.54 Å². The van der Waals surface area contributed by atoms with Crippen molar-refractivity contribution in [1.29, 1.82) is 0 Å². The molecule has 0 bridgehead atoms. The second-order valence-corrected chi connectivity index (χ2v) is 15.7. The highest BCUT2D eigenvalue weighted by Crippen LogP contribution is 2.24. The van der Waals surface area contributed by atoms with Crippen LogP contribution in [-0.2, 0) is 44.5 Å². The number of furan rings is 1. The second-order valence-electron chi connectivity index (χ2n) is 11.4. The molecule has 0 fully saturated rings. The molecule has 0 saturated carbocycles. The van der Waals surface area contributed by atoms with Gasteiger partial charge in [-0.3, -0.25) is 4.79 Å². The molecule has 0 aliphatic rings. The summed E-state index contributed by atoms with van der Waals surface area (Å²) in [4.78, 5) is 13.1. The smallest absolute Gasteiger partial charge is 0.255 e. The Kier molecular flexibility index (Phi) is 11.5. The molecule has 49 heavy (non-hydrogen) atoms. The number of hydrogen-bond acceptors (Lipinski definition) is 7. The molecule has 1 aromatic heterocycles. The summed E-state index contributed by atoms with van der Waals surface area (Å²) in [7, 11) is -7.96. The fourth-order valence-electron chi connectivity index (χ4n) is 4.84. The number of halogens is 1. The van der Waals surface area contributed by atoms with Gasteiger partial charge < -0.3 is 4.42 Å². The number of sulfonamides is 2. The first kappa shape index (κ1) is 35.7. The largest absolute Gasteiger partial charge is 0.459 e. The van der Waals surface area contributed by atoms with Gasteiger partial charge in [0.05, 0.1) is 29.1 Å². The fraction of sp³-hybridized carbons (Fsp3) is 0.167. The van der Waals surface area contributed by atoms with Gasteiger partial charge in [-0.25, -0.2) is 22.3 Å². The molecule has 4 aromatic carbocycles. The number of nitrogens with one attached hydrogen (secondary N) is 1. The van der Waals surface area contributed by atoms with Crippen LogP contribution in [0.15, 0.2) is 135 Å². The summed E-state index contributed by atoms with van der Waals surface area (Å²) in [5.41, 5.74) is 5.83. The highest BCUT2D eigenvalue weighted by atomic mass is 35.5. The van der Waals surface area contributed by atoms with Crippen molar-refractivity contribution >= 4 is 43.8 Å². The Morgan fingerprint density at radius 3 is 1.86 bits per heavy atom. The third-order valence-electron chi connectivity index (χ3n) is 7.51. The van der Waals surface area contributed by atoms with Crippen LogP contribution in [0.25, 0.3) is 0 Å². The molecule has 1 heterocycles. The van der Waals surface area contributed by atoms with Crippen LogP contribution < -0.4 is 5.43 Å². The number of carbonyl (C=O) groups excluding carboxylic acids is 1. The lowest BCUT2D eigenvalue weighted by atomic mass is 10.1. The van der Waals surface area contributed by atoms with E-state index >= 15 is 0 Å². The van der Waals surface area contributed by atoms with Crippen LogP contribution in [0.1, 0.15) is 33.8 Å². The number of hydrazone groups is 1. The summed E-state index contributed by atoms with van der Waals surface area (Å²) in [6.45, 7) is 3.32. The van der Waals surface area contributed by atoms with Crippen LogP contribution >= 0.6 is 11.6 Å². The fourth-order valence-corrected chi connectivity index (χ4v) is 7.74. The number of benzene rings is 4. The van der Waals surface area contributed by atoms with E-state index in [1.807, 2.05) is 44.2 Å². The normalized spacial score (nSPS) is 12.2. The van der Waals surface area contributed by atoms with E-state index in [4.69, 9.17) is 16.0 Å². The molecule has 0 radical (unpaired) electrons. The van der Waals surface area contributed by atoms with Gasteiger partial charge >= 0.3 is 0 Å². The molecule has 0 spiro atoms. The van der Waals surface area contributed by atoms with E-state index in [2.05, 4.69) is 10.5 Å². The first-order chi connectivity index (χ1) is 23.4. The standard InChI is InChI=1S/C36H35ClN4O6S2/c1-27-8-12-30(13-9-27)24-40(48(43,44)35-20-14-31(37)15-21-35)25-33-17-16-32(47-33)22-38-39-36(42)26-41(23-29-6-4-3-5-7-29)49(45,46)34-18-10-28(2)11-19-34/h3-22H,23-26H2,1-2H3,(H,39,42)/b38-22-. The highest BCUT2D eigenvalue weighted by molar-refractivity contribution is 7.89. The maximum absolute atomic E-state index is 13.7. The molecule has 0 saturated heterocycles. The molecule has 5 aromatic rings. The van der Waals surface area contributed by atoms with Crippen LogP contribution in [-0.4, -0.2) is 44.1 Å². The Balaban J connectivity index is 1.28. The zero-order chi connectivity index (χ0) is 35.0. The van der Waals surface area contributed by atoms with Gasteiger partial charge in [0, 0.05) is 18.1 Å². The molecular weight excluding hydrogens is 684 g/mol. The average molecular weight is 719 g/mol. The molecular formula is C36H35ClN4O6S2. The predicted molar refractivity (Wildman–Crippen MR) is 189 cm³/mol. The van der Waals surface area contributed by atoms with Crippen LogP contribution in [0.5, 0.6) is 0 Å². The SMILES string of the molecule is Cc1ccc(CN(Cc2ccc(/C=N\NC(=O)CN(Cc3ccccc3)S(=O)(=O)c3ccc(C)cc3)o2)S(=O)(=O)c2ccc(Cl)cc2)cc1. The quantitative estimate of drug-likeness (QED) is 0.106.